The first kappa shape index (κ1) is 17.5. The van der Waals surface area contributed by atoms with Gasteiger partial charge in [0, 0.05) is 55.4 Å². The van der Waals surface area contributed by atoms with E-state index in [1.54, 1.807) is 0 Å². The lowest BCUT2D eigenvalue weighted by molar-refractivity contribution is -0.125. The van der Waals surface area contributed by atoms with Gasteiger partial charge < -0.3 is 14.7 Å². The van der Waals surface area contributed by atoms with Crippen LogP contribution >= 0.6 is 0 Å². The first-order valence-electron chi connectivity index (χ1n) is 9.49. The summed E-state index contributed by atoms with van der Waals surface area (Å²) in [7, 11) is 0. The number of pyridine rings is 1. The molecule has 0 radical (unpaired) electrons. The van der Waals surface area contributed by atoms with Crippen LogP contribution in [0.1, 0.15) is 24.1 Å². The number of nitrogens with zero attached hydrogens (tertiary/aromatic N) is 3. The lowest BCUT2D eigenvalue weighted by Crippen LogP contribution is -2.41. The van der Waals surface area contributed by atoms with Crippen LogP contribution in [0, 0.1) is 12.8 Å². The van der Waals surface area contributed by atoms with Gasteiger partial charge in [0.05, 0.1) is 5.69 Å². The van der Waals surface area contributed by atoms with E-state index in [9.17, 15) is 4.79 Å². The van der Waals surface area contributed by atoms with Crippen LogP contribution in [0.2, 0.25) is 0 Å². The van der Waals surface area contributed by atoms with Crippen molar-refractivity contribution in [1.82, 2.24) is 15.5 Å². The van der Waals surface area contributed by atoms with Gasteiger partial charge in [-0.1, -0.05) is 17.3 Å². The average molecular weight is 364 g/mol. The Kier molecular flexibility index (Phi) is 5.05. The minimum atomic E-state index is 0.0810. The summed E-state index contributed by atoms with van der Waals surface area (Å²) in [6, 6.07) is 9.86. The minimum Gasteiger partial charge on any atom is -0.371 e. The van der Waals surface area contributed by atoms with Crippen LogP contribution < -0.4 is 10.2 Å². The van der Waals surface area contributed by atoms with Crippen molar-refractivity contribution < 1.29 is 9.32 Å². The average Bonchev–Trinajstić information content (AvgIpc) is 3.12. The smallest absolute Gasteiger partial charge is 0.223 e. The summed E-state index contributed by atoms with van der Waals surface area (Å²) in [5, 5.41) is 8.21. The van der Waals surface area contributed by atoms with Crippen LogP contribution in [0.15, 0.2) is 47.2 Å². The maximum Gasteiger partial charge on any atom is 0.223 e. The van der Waals surface area contributed by atoms with Crippen molar-refractivity contribution in [3.63, 3.8) is 0 Å². The number of carbonyl (C=O) groups excluding carboxylic acids is 1. The van der Waals surface area contributed by atoms with E-state index in [1.807, 2.05) is 36.7 Å². The first-order valence-corrected chi connectivity index (χ1v) is 9.49. The summed E-state index contributed by atoms with van der Waals surface area (Å²) >= 11 is 0. The molecule has 6 nitrogen and oxygen atoms in total. The topological polar surface area (TPSA) is 71.3 Å². The molecular weight excluding hydrogens is 340 g/mol. The van der Waals surface area contributed by atoms with E-state index in [0.717, 1.165) is 42.6 Å². The molecule has 1 aliphatic heterocycles. The fourth-order valence-electron chi connectivity index (χ4n) is 3.77. The van der Waals surface area contributed by atoms with Crippen molar-refractivity contribution in [1.29, 1.82) is 0 Å². The summed E-state index contributed by atoms with van der Waals surface area (Å²) < 4.78 is 5.31. The molecule has 1 N–H and O–H groups in total. The lowest BCUT2D eigenvalue weighted by Gasteiger charge is -2.33. The fourth-order valence-corrected chi connectivity index (χ4v) is 3.77. The lowest BCUT2D eigenvalue weighted by atomic mass is 9.95. The van der Waals surface area contributed by atoms with E-state index in [0.29, 0.717) is 13.0 Å². The Labute approximate surface area is 158 Å². The number of benzene rings is 1. The monoisotopic (exact) mass is 364 g/mol. The number of carbonyl (C=O) groups is 1. The molecule has 0 atom stereocenters. The Bertz CT molecular complexity index is 929. The fraction of sp³-hybridized carbons (Fsp3) is 0.381. The van der Waals surface area contributed by atoms with E-state index in [4.69, 9.17) is 4.52 Å². The first-order chi connectivity index (χ1) is 13.2. The Morgan fingerprint density at radius 1 is 1.26 bits per heavy atom. The molecule has 6 heteroatoms. The Morgan fingerprint density at radius 2 is 2.07 bits per heavy atom. The molecule has 0 aliphatic carbocycles. The number of aryl methyl sites for hydroxylation is 1. The van der Waals surface area contributed by atoms with Gasteiger partial charge in [0.25, 0.3) is 0 Å². The highest BCUT2D eigenvalue weighted by Gasteiger charge is 2.25. The quantitative estimate of drug-likeness (QED) is 0.753. The van der Waals surface area contributed by atoms with Gasteiger partial charge in [-0.3, -0.25) is 9.78 Å². The van der Waals surface area contributed by atoms with Crippen LogP contribution in [-0.4, -0.2) is 35.7 Å². The minimum absolute atomic E-state index is 0.0810. The number of amides is 1. The van der Waals surface area contributed by atoms with E-state index in [-0.39, 0.29) is 11.8 Å². The molecule has 0 saturated carbocycles. The van der Waals surface area contributed by atoms with Crippen molar-refractivity contribution in [2.24, 2.45) is 5.92 Å². The number of aromatic nitrogens is 2. The van der Waals surface area contributed by atoms with Gasteiger partial charge >= 0.3 is 0 Å². The van der Waals surface area contributed by atoms with Gasteiger partial charge in [-0.25, -0.2) is 0 Å². The molecule has 3 heterocycles. The molecular formula is C21H24N4O2. The number of hydrogen-bond donors (Lipinski definition) is 1. The number of fused-ring (bicyclic) bond motifs is 1. The Balaban J connectivity index is 1.27. The second-order valence-corrected chi connectivity index (χ2v) is 7.09. The molecule has 0 bridgehead atoms. The summed E-state index contributed by atoms with van der Waals surface area (Å²) in [6.45, 7) is 4.46. The van der Waals surface area contributed by atoms with E-state index in [2.05, 4.69) is 33.3 Å². The van der Waals surface area contributed by atoms with E-state index < -0.39 is 0 Å². The molecule has 1 fully saturated rings. The van der Waals surface area contributed by atoms with Crippen LogP contribution in [0.25, 0.3) is 11.0 Å². The number of piperidine rings is 1. The number of anilines is 1. The van der Waals surface area contributed by atoms with Gasteiger partial charge in [-0.15, -0.1) is 0 Å². The molecule has 1 amide bonds. The zero-order valence-corrected chi connectivity index (χ0v) is 15.5. The van der Waals surface area contributed by atoms with Crippen molar-refractivity contribution in [2.75, 3.05) is 24.5 Å². The number of hydrogen-bond acceptors (Lipinski definition) is 5. The molecule has 3 aromatic rings. The standard InChI is InChI=1S/C21H24N4O2/c1-15-14-22-10-7-19(15)25-12-8-16(9-13-25)21(26)23-11-6-18-17-4-2-3-5-20(17)27-24-18/h2-5,7,10,14,16H,6,8-9,11-13H2,1H3,(H,23,26). The van der Waals surface area contributed by atoms with Crippen LogP contribution in [-0.2, 0) is 11.2 Å². The zero-order chi connectivity index (χ0) is 18.6. The molecule has 140 valence electrons. The number of para-hydroxylation sites is 1. The molecule has 0 unspecified atom stereocenters. The second kappa shape index (κ2) is 7.78. The van der Waals surface area contributed by atoms with Gasteiger partial charge in [0.2, 0.25) is 5.91 Å². The highest BCUT2D eigenvalue weighted by atomic mass is 16.5. The maximum atomic E-state index is 12.5. The molecule has 4 rings (SSSR count). The third-order valence-corrected chi connectivity index (χ3v) is 5.31. The van der Waals surface area contributed by atoms with Gasteiger partial charge in [0.1, 0.15) is 0 Å². The molecule has 2 aromatic heterocycles. The second-order valence-electron chi connectivity index (χ2n) is 7.09. The molecule has 1 saturated heterocycles. The third kappa shape index (κ3) is 3.79. The normalized spacial score (nSPS) is 15.2. The van der Waals surface area contributed by atoms with Crippen LogP contribution in [0.5, 0.6) is 0 Å². The highest BCUT2D eigenvalue weighted by Crippen LogP contribution is 2.25. The maximum absolute atomic E-state index is 12.5. The largest absolute Gasteiger partial charge is 0.371 e. The highest BCUT2D eigenvalue weighted by molar-refractivity contribution is 5.80. The molecule has 27 heavy (non-hydrogen) atoms. The summed E-state index contributed by atoms with van der Waals surface area (Å²) in [5.41, 5.74) is 4.09. The van der Waals surface area contributed by atoms with Crippen molar-refractivity contribution in [2.45, 2.75) is 26.2 Å². The number of rotatable bonds is 5. The predicted molar refractivity (Wildman–Crippen MR) is 105 cm³/mol. The van der Waals surface area contributed by atoms with Gasteiger partial charge in [-0.2, -0.15) is 0 Å². The van der Waals surface area contributed by atoms with E-state index >= 15 is 0 Å². The third-order valence-electron chi connectivity index (χ3n) is 5.31. The summed E-state index contributed by atoms with van der Waals surface area (Å²) in [5.74, 6) is 0.228. The van der Waals surface area contributed by atoms with Crippen LogP contribution in [0.3, 0.4) is 0 Å². The van der Waals surface area contributed by atoms with Crippen molar-refractivity contribution >= 4 is 22.6 Å². The summed E-state index contributed by atoms with van der Waals surface area (Å²) in [6.07, 6.45) is 6.15. The SMILES string of the molecule is Cc1cnccc1N1CCC(C(=O)NCCc2noc3ccccc23)CC1. The van der Waals surface area contributed by atoms with Crippen molar-refractivity contribution in [3.05, 3.63) is 54.0 Å². The Hall–Kier alpha value is -2.89. The molecule has 0 spiro atoms. The molecule has 1 aromatic carbocycles. The van der Waals surface area contributed by atoms with Crippen LogP contribution in [0.4, 0.5) is 5.69 Å². The van der Waals surface area contributed by atoms with Gasteiger partial charge in [-0.05, 0) is 43.5 Å². The van der Waals surface area contributed by atoms with Crippen molar-refractivity contribution in [3.8, 4) is 0 Å². The van der Waals surface area contributed by atoms with Gasteiger partial charge in [0.15, 0.2) is 5.58 Å². The Morgan fingerprint density at radius 3 is 2.89 bits per heavy atom. The summed E-state index contributed by atoms with van der Waals surface area (Å²) in [4.78, 5) is 19.0. The van der Waals surface area contributed by atoms with E-state index in [1.165, 1.54) is 11.3 Å². The zero-order valence-electron chi connectivity index (χ0n) is 15.5. The number of nitrogens with one attached hydrogen (secondary N) is 1. The predicted octanol–water partition coefficient (Wildman–Crippen LogP) is 3.11. The molecule has 1 aliphatic rings.